The minimum absolute atomic E-state index is 0.123. The molecule has 8 heteroatoms. The first-order valence-electron chi connectivity index (χ1n) is 8.65. The number of benzene rings is 2. The van der Waals surface area contributed by atoms with Crippen LogP contribution in [-0.2, 0) is 0 Å². The Labute approximate surface area is 162 Å². The Morgan fingerprint density at radius 3 is 2.46 bits per heavy atom. The second-order valence-electron chi connectivity index (χ2n) is 7.30. The molecule has 2 rings (SSSR count). The molecule has 28 heavy (non-hydrogen) atoms. The fourth-order valence-electron chi connectivity index (χ4n) is 2.40. The van der Waals surface area contributed by atoms with Gasteiger partial charge in [-0.15, -0.1) is 0 Å². The number of hydrogen-bond acceptors (Lipinski definition) is 3. The van der Waals surface area contributed by atoms with Crippen molar-refractivity contribution in [1.29, 1.82) is 0 Å². The van der Waals surface area contributed by atoms with Crippen LogP contribution in [0.3, 0.4) is 0 Å². The average Bonchev–Trinajstić information content (AvgIpc) is 2.58. The molecule has 0 spiro atoms. The van der Waals surface area contributed by atoms with Crippen LogP contribution < -0.4 is 16.0 Å². The number of carbonyl (C=O) groups excluding carboxylic acids is 2. The van der Waals surface area contributed by atoms with Crippen molar-refractivity contribution in [3.05, 3.63) is 65.2 Å². The first-order valence-corrected chi connectivity index (χ1v) is 8.65. The molecule has 4 N–H and O–H groups in total. The minimum atomic E-state index is -1.34. The van der Waals surface area contributed by atoms with Crippen molar-refractivity contribution in [3.63, 3.8) is 0 Å². The minimum Gasteiger partial charge on any atom is -0.386 e. The number of rotatable bonds is 5. The molecular weight excluding hydrogens is 368 g/mol. The number of hydrogen-bond donors (Lipinski definition) is 4. The third-order valence-corrected chi connectivity index (χ3v) is 3.65. The van der Waals surface area contributed by atoms with Gasteiger partial charge >= 0.3 is 6.03 Å². The summed E-state index contributed by atoms with van der Waals surface area (Å²) < 4.78 is 26.6. The summed E-state index contributed by atoms with van der Waals surface area (Å²) in [5.74, 6) is -1.93. The van der Waals surface area contributed by atoms with E-state index in [4.69, 9.17) is 0 Å². The molecule has 0 bridgehead atoms. The van der Waals surface area contributed by atoms with E-state index >= 15 is 0 Å². The lowest BCUT2D eigenvalue weighted by Gasteiger charge is -2.20. The third-order valence-electron chi connectivity index (χ3n) is 3.65. The van der Waals surface area contributed by atoms with Gasteiger partial charge in [0.1, 0.15) is 11.6 Å². The Balaban J connectivity index is 1.94. The zero-order valence-electron chi connectivity index (χ0n) is 15.8. The van der Waals surface area contributed by atoms with Gasteiger partial charge in [0.2, 0.25) is 0 Å². The Kier molecular flexibility index (Phi) is 6.69. The molecule has 0 saturated carbocycles. The summed E-state index contributed by atoms with van der Waals surface area (Å²) in [6.07, 6.45) is -1.34. The molecule has 0 heterocycles. The highest BCUT2D eigenvalue weighted by molar-refractivity contribution is 5.97. The second-order valence-corrected chi connectivity index (χ2v) is 7.30. The van der Waals surface area contributed by atoms with Crippen LogP contribution in [0.1, 0.15) is 42.8 Å². The van der Waals surface area contributed by atoms with E-state index in [2.05, 4.69) is 16.0 Å². The summed E-state index contributed by atoms with van der Waals surface area (Å²) in [5, 5.41) is 17.7. The highest BCUT2D eigenvalue weighted by Gasteiger charge is 2.17. The van der Waals surface area contributed by atoms with Crippen molar-refractivity contribution in [2.75, 3.05) is 11.9 Å². The largest absolute Gasteiger partial charge is 0.386 e. The van der Waals surface area contributed by atoms with Crippen molar-refractivity contribution in [2.24, 2.45) is 0 Å². The average molecular weight is 391 g/mol. The van der Waals surface area contributed by atoms with Crippen LogP contribution in [0, 0.1) is 11.6 Å². The lowest BCUT2D eigenvalue weighted by Crippen LogP contribution is -2.40. The SMILES string of the molecule is CC(C)(C)NC(=O)c1cccc(NC(=O)NCC(O)c2ccc(F)cc2F)c1. The van der Waals surface area contributed by atoms with E-state index in [1.807, 2.05) is 20.8 Å². The van der Waals surface area contributed by atoms with Gasteiger partial charge in [-0.3, -0.25) is 4.79 Å². The normalized spacial score (nSPS) is 12.2. The van der Waals surface area contributed by atoms with Crippen molar-refractivity contribution in [1.82, 2.24) is 10.6 Å². The Morgan fingerprint density at radius 2 is 1.82 bits per heavy atom. The molecule has 2 aromatic rings. The maximum absolute atomic E-state index is 13.6. The predicted molar refractivity (Wildman–Crippen MR) is 102 cm³/mol. The van der Waals surface area contributed by atoms with Gasteiger partial charge in [0.15, 0.2) is 0 Å². The van der Waals surface area contributed by atoms with Crippen LogP contribution in [-0.4, -0.2) is 29.1 Å². The number of urea groups is 1. The first kappa shape index (κ1) is 21.3. The van der Waals surface area contributed by atoms with E-state index in [0.29, 0.717) is 17.3 Å². The van der Waals surface area contributed by atoms with Crippen LogP contribution in [0.15, 0.2) is 42.5 Å². The van der Waals surface area contributed by atoms with Gasteiger partial charge in [-0.2, -0.15) is 0 Å². The fourth-order valence-corrected chi connectivity index (χ4v) is 2.40. The number of aliphatic hydroxyl groups is 1. The van der Waals surface area contributed by atoms with Crippen LogP contribution in [0.4, 0.5) is 19.3 Å². The Hall–Kier alpha value is -3.00. The van der Waals surface area contributed by atoms with E-state index < -0.39 is 29.3 Å². The molecule has 0 radical (unpaired) electrons. The lowest BCUT2D eigenvalue weighted by molar-refractivity contribution is 0.0919. The molecule has 0 aliphatic rings. The third kappa shape index (κ3) is 6.31. The molecule has 1 atom stereocenters. The summed E-state index contributed by atoms with van der Waals surface area (Å²) in [7, 11) is 0. The van der Waals surface area contributed by atoms with Crippen molar-refractivity contribution in [2.45, 2.75) is 32.4 Å². The highest BCUT2D eigenvalue weighted by atomic mass is 19.1. The maximum Gasteiger partial charge on any atom is 0.319 e. The van der Waals surface area contributed by atoms with Gasteiger partial charge < -0.3 is 21.1 Å². The van der Waals surface area contributed by atoms with Crippen molar-refractivity contribution < 1.29 is 23.5 Å². The standard InChI is InChI=1S/C20H23F2N3O3/c1-20(2,3)25-18(27)12-5-4-6-14(9-12)24-19(28)23-11-17(26)15-8-7-13(21)10-16(15)22/h4-10,17,26H,11H2,1-3H3,(H,25,27)(H2,23,24,28). The van der Waals surface area contributed by atoms with E-state index in [0.717, 1.165) is 12.1 Å². The summed E-state index contributed by atoms with van der Waals surface area (Å²) in [5.41, 5.74) is 0.231. The molecule has 0 aliphatic heterocycles. The molecule has 6 nitrogen and oxygen atoms in total. The quantitative estimate of drug-likeness (QED) is 0.630. The summed E-state index contributed by atoms with van der Waals surface area (Å²) >= 11 is 0. The van der Waals surface area contributed by atoms with Gasteiger partial charge in [-0.1, -0.05) is 12.1 Å². The highest BCUT2D eigenvalue weighted by Crippen LogP contribution is 2.17. The molecule has 0 saturated heterocycles. The molecule has 2 aromatic carbocycles. The summed E-state index contributed by atoms with van der Waals surface area (Å²) in [4.78, 5) is 24.2. The van der Waals surface area contributed by atoms with Gasteiger partial charge in [0, 0.05) is 35.0 Å². The summed E-state index contributed by atoms with van der Waals surface area (Å²) in [6.45, 7) is 5.29. The van der Waals surface area contributed by atoms with Crippen molar-refractivity contribution in [3.8, 4) is 0 Å². The Morgan fingerprint density at radius 1 is 1.11 bits per heavy atom. The molecule has 0 aromatic heterocycles. The van der Waals surface area contributed by atoms with Gasteiger partial charge in [0.05, 0.1) is 6.10 Å². The monoisotopic (exact) mass is 391 g/mol. The smallest absolute Gasteiger partial charge is 0.319 e. The van der Waals surface area contributed by atoms with Gasteiger partial charge in [0.25, 0.3) is 5.91 Å². The zero-order valence-corrected chi connectivity index (χ0v) is 15.8. The molecular formula is C20H23F2N3O3. The Bertz CT molecular complexity index is 866. The maximum atomic E-state index is 13.6. The fraction of sp³-hybridized carbons (Fsp3) is 0.300. The van der Waals surface area contributed by atoms with Crippen LogP contribution in [0.5, 0.6) is 0 Å². The van der Waals surface area contributed by atoms with E-state index in [1.54, 1.807) is 18.2 Å². The molecule has 0 aliphatic carbocycles. The van der Waals surface area contributed by atoms with Gasteiger partial charge in [-0.25, -0.2) is 13.6 Å². The van der Waals surface area contributed by atoms with E-state index in [9.17, 15) is 23.5 Å². The van der Waals surface area contributed by atoms with E-state index in [1.165, 1.54) is 6.07 Å². The number of halogens is 2. The van der Waals surface area contributed by atoms with E-state index in [-0.39, 0.29) is 18.0 Å². The van der Waals surface area contributed by atoms with Gasteiger partial charge in [-0.05, 0) is 45.0 Å². The lowest BCUT2D eigenvalue weighted by atomic mass is 10.1. The number of carbonyl (C=O) groups is 2. The molecule has 0 fully saturated rings. The molecule has 3 amide bonds. The first-order chi connectivity index (χ1) is 13.0. The predicted octanol–water partition coefficient (Wildman–Crippen LogP) is 3.35. The summed E-state index contributed by atoms with van der Waals surface area (Å²) in [6, 6.07) is 8.51. The molecule has 150 valence electrons. The topological polar surface area (TPSA) is 90.5 Å². The van der Waals surface area contributed by atoms with Crippen LogP contribution in [0.2, 0.25) is 0 Å². The number of nitrogens with one attached hydrogen (secondary N) is 3. The number of anilines is 1. The van der Waals surface area contributed by atoms with Crippen LogP contribution in [0.25, 0.3) is 0 Å². The van der Waals surface area contributed by atoms with Crippen LogP contribution >= 0.6 is 0 Å². The molecule has 1 unspecified atom stereocenters. The number of aliphatic hydroxyl groups excluding tert-OH is 1. The van der Waals surface area contributed by atoms with Crippen molar-refractivity contribution >= 4 is 17.6 Å². The zero-order chi connectivity index (χ0) is 20.9. The second kappa shape index (κ2) is 8.79. The number of amides is 3.